The quantitative estimate of drug-likeness (QED) is 0.550. The van der Waals surface area contributed by atoms with Crippen molar-refractivity contribution in [2.75, 3.05) is 0 Å². The van der Waals surface area contributed by atoms with Gasteiger partial charge >= 0.3 is 0 Å². The molecule has 0 fully saturated rings. The van der Waals surface area contributed by atoms with E-state index in [1.54, 1.807) is 22.8 Å². The van der Waals surface area contributed by atoms with Gasteiger partial charge in [-0.05, 0) is 42.0 Å². The molecule has 1 amide bonds. The average molecular weight is 407 g/mol. The molecule has 0 saturated carbocycles. The van der Waals surface area contributed by atoms with Gasteiger partial charge < -0.3 is 15.0 Å². The number of hydrogen-bond donors (Lipinski definition) is 1. The number of carbonyl (C=O) groups is 1. The first-order valence-electron chi connectivity index (χ1n) is 8.90. The van der Waals surface area contributed by atoms with Crippen LogP contribution in [-0.2, 0) is 6.61 Å². The minimum absolute atomic E-state index is 0.00629. The van der Waals surface area contributed by atoms with E-state index in [9.17, 15) is 18.4 Å². The van der Waals surface area contributed by atoms with Gasteiger partial charge in [-0.2, -0.15) is 0 Å². The molecule has 0 aliphatic rings. The molecule has 2 heterocycles. The van der Waals surface area contributed by atoms with Crippen molar-refractivity contribution in [1.29, 1.82) is 0 Å². The van der Waals surface area contributed by atoms with E-state index in [1.165, 1.54) is 42.7 Å². The third-order valence-corrected chi connectivity index (χ3v) is 4.57. The number of carbonyl (C=O) groups excluding carboxylic acids is 1. The maximum absolute atomic E-state index is 13.7. The van der Waals surface area contributed by atoms with Crippen molar-refractivity contribution >= 4 is 16.8 Å². The van der Waals surface area contributed by atoms with Crippen molar-refractivity contribution in [3.05, 3.63) is 100 Å². The van der Waals surface area contributed by atoms with E-state index < -0.39 is 23.0 Å². The summed E-state index contributed by atoms with van der Waals surface area (Å²) in [7, 11) is 0. The molecular weight excluding hydrogens is 392 g/mol. The van der Waals surface area contributed by atoms with Gasteiger partial charge in [-0.15, -0.1) is 0 Å². The fourth-order valence-corrected chi connectivity index (χ4v) is 3.10. The first-order valence-corrected chi connectivity index (χ1v) is 8.90. The second kappa shape index (κ2) is 7.75. The Kier molecular flexibility index (Phi) is 4.97. The van der Waals surface area contributed by atoms with Crippen LogP contribution in [0.15, 0.2) is 71.9 Å². The predicted octanol–water partition coefficient (Wildman–Crippen LogP) is 3.34. The van der Waals surface area contributed by atoms with Gasteiger partial charge in [0, 0.05) is 29.5 Å². The second-order valence-electron chi connectivity index (χ2n) is 6.53. The summed E-state index contributed by atoms with van der Waals surface area (Å²) in [6, 6.07) is 11.9. The van der Waals surface area contributed by atoms with E-state index in [4.69, 9.17) is 10.5 Å². The van der Waals surface area contributed by atoms with Crippen LogP contribution in [0.2, 0.25) is 0 Å². The number of aromatic nitrogens is 2. The van der Waals surface area contributed by atoms with Crippen LogP contribution >= 0.6 is 0 Å². The monoisotopic (exact) mass is 407 g/mol. The molecule has 0 bridgehead atoms. The van der Waals surface area contributed by atoms with E-state index in [-0.39, 0.29) is 23.3 Å². The van der Waals surface area contributed by atoms with Crippen LogP contribution < -0.4 is 15.9 Å². The highest BCUT2D eigenvalue weighted by molar-refractivity contribution is 5.96. The molecule has 0 atom stereocenters. The summed E-state index contributed by atoms with van der Waals surface area (Å²) in [6.45, 7) is -0.00629. The SMILES string of the molecule is NC(=O)c1cn(-c2ccc(F)cc2)c2ccc(COc3ccncc3F)cc2c1=O. The molecule has 2 aromatic heterocycles. The zero-order chi connectivity index (χ0) is 21.3. The van der Waals surface area contributed by atoms with Gasteiger partial charge in [-0.1, -0.05) is 6.07 Å². The van der Waals surface area contributed by atoms with Crippen LogP contribution in [0.3, 0.4) is 0 Å². The minimum atomic E-state index is -0.877. The average Bonchev–Trinajstić information content (AvgIpc) is 2.74. The molecule has 0 spiro atoms. The van der Waals surface area contributed by atoms with Crippen LogP contribution in [0.5, 0.6) is 5.75 Å². The van der Waals surface area contributed by atoms with Crippen molar-refractivity contribution in [3.63, 3.8) is 0 Å². The Bertz CT molecular complexity index is 1320. The Morgan fingerprint density at radius 1 is 1.10 bits per heavy atom. The van der Waals surface area contributed by atoms with E-state index in [1.807, 2.05) is 0 Å². The molecule has 4 aromatic rings. The number of primary amides is 1. The lowest BCUT2D eigenvalue weighted by atomic mass is 10.1. The Morgan fingerprint density at radius 2 is 1.87 bits per heavy atom. The van der Waals surface area contributed by atoms with Crippen LogP contribution in [0.25, 0.3) is 16.6 Å². The number of fused-ring (bicyclic) bond motifs is 1. The van der Waals surface area contributed by atoms with E-state index in [0.29, 0.717) is 16.8 Å². The van der Waals surface area contributed by atoms with Gasteiger partial charge in [0.1, 0.15) is 18.0 Å². The normalized spacial score (nSPS) is 10.9. The summed E-state index contributed by atoms with van der Waals surface area (Å²) >= 11 is 0. The Hall–Kier alpha value is -4.07. The summed E-state index contributed by atoms with van der Waals surface area (Å²) in [5.41, 5.74) is 6.27. The van der Waals surface area contributed by atoms with Crippen LogP contribution in [0.1, 0.15) is 15.9 Å². The molecule has 30 heavy (non-hydrogen) atoms. The molecule has 0 radical (unpaired) electrons. The maximum Gasteiger partial charge on any atom is 0.254 e. The number of nitrogens with zero attached hydrogens (tertiary/aromatic N) is 2. The van der Waals surface area contributed by atoms with Gasteiger partial charge in [0.05, 0.1) is 11.7 Å². The summed E-state index contributed by atoms with van der Waals surface area (Å²) in [6.07, 6.45) is 3.78. The summed E-state index contributed by atoms with van der Waals surface area (Å²) in [5, 5.41) is 0.229. The van der Waals surface area contributed by atoms with Crippen molar-refractivity contribution in [1.82, 2.24) is 9.55 Å². The molecule has 2 aromatic carbocycles. The zero-order valence-corrected chi connectivity index (χ0v) is 15.5. The standard InChI is InChI=1S/C22H15F2N3O3/c23-14-2-4-15(5-3-14)27-11-17(22(25)29)21(28)16-9-13(1-6-19(16)27)12-30-20-7-8-26-10-18(20)24/h1-11H,12H2,(H2,25,29). The molecule has 4 rings (SSSR count). The number of benzene rings is 2. The topological polar surface area (TPSA) is 87.2 Å². The smallest absolute Gasteiger partial charge is 0.254 e. The number of hydrogen-bond acceptors (Lipinski definition) is 4. The van der Waals surface area contributed by atoms with Gasteiger partial charge in [-0.3, -0.25) is 14.6 Å². The van der Waals surface area contributed by atoms with Gasteiger partial charge in [-0.25, -0.2) is 8.78 Å². The largest absolute Gasteiger partial charge is 0.486 e. The van der Waals surface area contributed by atoms with Crippen molar-refractivity contribution in [3.8, 4) is 11.4 Å². The molecule has 2 N–H and O–H groups in total. The third kappa shape index (κ3) is 3.62. The lowest BCUT2D eigenvalue weighted by molar-refractivity contribution is 0.0999. The first-order chi connectivity index (χ1) is 14.4. The summed E-state index contributed by atoms with van der Waals surface area (Å²) in [5.74, 6) is -1.87. The zero-order valence-electron chi connectivity index (χ0n) is 15.5. The molecule has 6 nitrogen and oxygen atoms in total. The van der Waals surface area contributed by atoms with Crippen LogP contribution in [-0.4, -0.2) is 15.5 Å². The number of nitrogens with two attached hydrogens (primary N) is 1. The summed E-state index contributed by atoms with van der Waals surface area (Å²) in [4.78, 5) is 28.3. The predicted molar refractivity (Wildman–Crippen MR) is 107 cm³/mol. The second-order valence-corrected chi connectivity index (χ2v) is 6.53. The van der Waals surface area contributed by atoms with Gasteiger partial charge in [0.25, 0.3) is 5.91 Å². The van der Waals surface area contributed by atoms with E-state index in [0.717, 1.165) is 6.20 Å². The Morgan fingerprint density at radius 3 is 2.57 bits per heavy atom. The lowest BCUT2D eigenvalue weighted by Gasteiger charge is -2.14. The number of amides is 1. The van der Waals surface area contributed by atoms with Gasteiger partial charge in [0.15, 0.2) is 11.6 Å². The number of pyridine rings is 2. The van der Waals surface area contributed by atoms with Crippen molar-refractivity contribution in [2.45, 2.75) is 6.61 Å². The molecule has 0 unspecified atom stereocenters. The molecular formula is C22H15F2N3O3. The first kappa shape index (κ1) is 19.3. The van der Waals surface area contributed by atoms with Gasteiger partial charge in [0.2, 0.25) is 5.43 Å². The fourth-order valence-electron chi connectivity index (χ4n) is 3.10. The molecule has 0 aliphatic carbocycles. The number of rotatable bonds is 5. The molecule has 150 valence electrons. The minimum Gasteiger partial charge on any atom is -0.486 e. The van der Waals surface area contributed by atoms with Crippen LogP contribution in [0.4, 0.5) is 8.78 Å². The lowest BCUT2D eigenvalue weighted by Crippen LogP contribution is -2.24. The van der Waals surface area contributed by atoms with E-state index in [2.05, 4.69) is 4.98 Å². The fraction of sp³-hybridized carbons (Fsp3) is 0.0455. The molecule has 0 aliphatic heterocycles. The number of halogens is 2. The Balaban J connectivity index is 1.81. The highest BCUT2D eigenvalue weighted by Gasteiger charge is 2.15. The maximum atomic E-state index is 13.7. The van der Waals surface area contributed by atoms with E-state index >= 15 is 0 Å². The highest BCUT2D eigenvalue weighted by atomic mass is 19.1. The summed E-state index contributed by atoms with van der Waals surface area (Å²) < 4.78 is 34.1. The Labute approximate surface area is 169 Å². The van der Waals surface area contributed by atoms with Crippen molar-refractivity contribution < 1.29 is 18.3 Å². The number of ether oxygens (including phenoxy) is 1. The molecule has 0 saturated heterocycles. The van der Waals surface area contributed by atoms with Crippen molar-refractivity contribution in [2.24, 2.45) is 5.73 Å². The highest BCUT2D eigenvalue weighted by Crippen LogP contribution is 2.21. The van der Waals surface area contributed by atoms with Crippen LogP contribution in [0, 0.1) is 11.6 Å². The molecule has 8 heteroatoms. The third-order valence-electron chi connectivity index (χ3n) is 4.57.